The van der Waals surface area contributed by atoms with Gasteiger partial charge in [-0.25, -0.2) is 5.43 Å². The van der Waals surface area contributed by atoms with E-state index >= 15 is 0 Å². The van der Waals surface area contributed by atoms with Gasteiger partial charge in [0.1, 0.15) is 5.71 Å². The maximum atomic E-state index is 13.5. The van der Waals surface area contributed by atoms with Crippen LogP contribution in [0.3, 0.4) is 0 Å². The third kappa shape index (κ3) is 4.98. The van der Waals surface area contributed by atoms with Gasteiger partial charge in [0, 0.05) is 48.5 Å². The molecule has 1 unspecified atom stereocenters. The molecule has 1 aromatic carbocycles. The van der Waals surface area contributed by atoms with Crippen molar-refractivity contribution < 1.29 is 27.5 Å². The van der Waals surface area contributed by atoms with Gasteiger partial charge in [-0.3, -0.25) is 9.59 Å². The molecule has 186 valence electrons. The van der Waals surface area contributed by atoms with Crippen LogP contribution in [0.4, 0.5) is 18.9 Å². The molecule has 5 atom stereocenters. The monoisotopic (exact) mass is 488 g/mol. The number of carbonyl (C=O) groups excluding carboxylic acids is 2. The number of rotatable bonds is 4. The second kappa shape index (κ2) is 9.49. The first-order valence-electron chi connectivity index (χ1n) is 11.9. The molecule has 3 heterocycles. The summed E-state index contributed by atoms with van der Waals surface area (Å²) in [6, 6.07) is 3.81. The van der Waals surface area contributed by atoms with Crippen LogP contribution in [0.1, 0.15) is 49.3 Å². The van der Waals surface area contributed by atoms with Crippen molar-refractivity contribution >= 4 is 23.2 Å². The summed E-state index contributed by atoms with van der Waals surface area (Å²) in [6.07, 6.45) is 5.67. The first kappa shape index (κ1) is 23.6. The average molecular weight is 489 g/mol. The number of ether oxygens (including phenoxy) is 1. The number of benzene rings is 1. The summed E-state index contributed by atoms with van der Waals surface area (Å²) in [7, 11) is 0. The number of carbonyl (C=O) groups is 2. The van der Waals surface area contributed by atoms with E-state index in [1.807, 2.05) is 12.2 Å². The number of hydrazone groups is 1. The first-order valence-corrected chi connectivity index (χ1v) is 11.9. The van der Waals surface area contributed by atoms with E-state index in [1.165, 1.54) is 12.1 Å². The van der Waals surface area contributed by atoms with Gasteiger partial charge in [-0.15, -0.1) is 0 Å². The molecule has 7 nitrogen and oxygen atoms in total. The van der Waals surface area contributed by atoms with E-state index in [2.05, 4.69) is 33.3 Å². The molecule has 1 aliphatic carbocycles. The highest BCUT2D eigenvalue weighted by Gasteiger charge is 2.45. The summed E-state index contributed by atoms with van der Waals surface area (Å²) in [4.78, 5) is 23.7. The van der Waals surface area contributed by atoms with Crippen molar-refractivity contribution in [2.75, 3.05) is 11.9 Å². The molecule has 1 aromatic rings. The molecule has 0 spiro atoms. The fourth-order valence-electron chi connectivity index (χ4n) is 5.36. The number of hydrogen-bond acceptors (Lipinski definition) is 5. The van der Waals surface area contributed by atoms with Crippen molar-refractivity contribution in [1.29, 1.82) is 0 Å². The Bertz CT molecular complexity index is 1100. The van der Waals surface area contributed by atoms with E-state index < -0.39 is 17.8 Å². The van der Waals surface area contributed by atoms with E-state index in [-0.39, 0.29) is 60.9 Å². The Hall–Kier alpha value is -3.14. The molecule has 35 heavy (non-hydrogen) atoms. The molecule has 0 radical (unpaired) electrons. The Morgan fingerprint density at radius 1 is 1.20 bits per heavy atom. The topological polar surface area (TPSA) is 91.8 Å². The van der Waals surface area contributed by atoms with Crippen molar-refractivity contribution in [3.8, 4) is 0 Å². The summed E-state index contributed by atoms with van der Waals surface area (Å²) in [6.45, 7) is 0.216. The molecule has 0 aromatic heterocycles. The molecule has 0 bridgehead atoms. The summed E-state index contributed by atoms with van der Waals surface area (Å²) in [5.41, 5.74) is 3.01. The van der Waals surface area contributed by atoms with Gasteiger partial charge in [0.25, 0.3) is 5.91 Å². The molecule has 1 saturated heterocycles. The zero-order chi connectivity index (χ0) is 24.6. The first-order chi connectivity index (χ1) is 16.8. The number of fused-ring (bicyclic) bond motifs is 3. The third-order valence-electron chi connectivity index (χ3n) is 7.15. The highest BCUT2D eigenvalue weighted by Crippen LogP contribution is 2.49. The minimum Gasteiger partial charge on any atom is -0.381 e. The van der Waals surface area contributed by atoms with E-state index in [9.17, 15) is 22.8 Å². The summed E-state index contributed by atoms with van der Waals surface area (Å²) < 4.78 is 46.8. The van der Waals surface area contributed by atoms with Gasteiger partial charge in [0.2, 0.25) is 5.91 Å². The molecule has 1 fully saturated rings. The number of nitrogens with one attached hydrogen (secondary N) is 3. The van der Waals surface area contributed by atoms with Crippen molar-refractivity contribution in [2.45, 2.75) is 56.5 Å². The van der Waals surface area contributed by atoms with Gasteiger partial charge in [0.15, 0.2) is 0 Å². The lowest BCUT2D eigenvalue weighted by Crippen LogP contribution is -2.49. The van der Waals surface area contributed by atoms with Crippen molar-refractivity contribution in [1.82, 2.24) is 10.7 Å². The summed E-state index contributed by atoms with van der Waals surface area (Å²) in [5.74, 6) is -0.402. The maximum Gasteiger partial charge on any atom is 0.416 e. The van der Waals surface area contributed by atoms with Crippen LogP contribution in [0.5, 0.6) is 0 Å². The quantitative estimate of drug-likeness (QED) is 0.601. The van der Waals surface area contributed by atoms with Crippen molar-refractivity contribution in [3.05, 3.63) is 53.6 Å². The minimum absolute atomic E-state index is 0.00276. The van der Waals surface area contributed by atoms with Crippen LogP contribution in [0.25, 0.3) is 0 Å². The fraction of sp³-hybridized carbons (Fsp3) is 0.480. The summed E-state index contributed by atoms with van der Waals surface area (Å²) in [5, 5.41) is 10.1. The van der Waals surface area contributed by atoms with E-state index in [1.54, 1.807) is 0 Å². The lowest BCUT2D eigenvalue weighted by atomic mass is 9.73. The van der Waals surface area contributed by atoms with Crippen LogP contribution in [0, 0.1) is 11.8 Å². The van der Waals surface area contributed by atoms with Gasteiger partial charge >= 0.3 is 6.18 Å². The van der Waals surface area contributed by atoms with Gasteiger partial charge in [0.05, 0.1) is 17.8 Å². The third-order valence-corrected chi connectivity index (χ3v) is 7.15. The summed E-state index contributed by atoms with van der Waals surface area (Å²) >= 11 is 0. The predicted octanol–water partition coefficient (Wildman–Crippen LogP) is 3.85. The lowest BCUT2D eigenvalue weighted by Gasteiger charge is -2.47. The van der Waals surface area contributed by atoms with E-state index in [4.69, 9.17) is 4.74 Å². The second-order valence-electron chi connectivity index (χ2n) is 9.41. The molecule has 4 aliphatic rings. The Balaban J connectivity index is 1.35. The van der Waals surface area contributed by atoms with Gasteiger partial charge < -0.3 is 15.4 Å². The number of allylic oxidation sites excluding steroid dienone is 3. The Kier molecular flexibility index (Phi) is 6.39. The van der Waals surface area contributed by atoms with Crippen LogP contribution < -0.4 is 16.1 Å². The Labute approximate surface area is 200 Å². The maximum absolute atomic E-state index is 13.5. The zero-order valence-electron chi connectivity index (χ0n) is 19.0. The standard InChI is InChI=1S/C25H27F3N4O3/c26-25(27,28)15-6-9-19-18(12-15)23-17(22(30-19)14-4-2-1-3-5-14)8-7-16(35-23)13-29-24(34)20-10-11-21(33)32-31-20/h1-4,6,9,12,14,16-17,22-23,30H,5,7-8,10-11,13H2,(H,29,34)(H,32,33)/t14?,16-,17+,22+,23+/m1/s1. The number of nitrogens with zero attached hydrogens (tertiary/aromatic N) is 1. The number of amides is 2. The zero-order valence-corrected chi connectivity index (χ0v) is 19.0. The number of alkyl halides is 3. The van der Waals surface area contributed by atoms with Crippen molar-refractivity contribution in [2.24, 2.45) is 16.9 Å². The molecule has 10 heteroatoms. The largest absolute Gasteiger partial charge is 0.416 e. The highest BCUT2D eigenvalue weighted by atomic mass is 19.4. The fourth-order valence-corrected chi connectivity index (χ4v) is 5.36. The van der Waals surface area contributed by atoms with Crippen LogP contribution >= 0.6 is 0 Å². The molecule has 2 amide bonds. The Morgan fingerprint density at radius 3 is 2.77 bits per heavy atom. The van der Waals surface area contributed by atoms with E-state index in [0.717, 1.165) is 18.9 Å². The lowest BCUT2D eigenvalue weighted by molar-refractivity contribution is -0.138. The van der Waals surface area contributed by atoms with Crippen LogP contribution in [-0.4, -0.2) is 36.2 Å². The van der Waals surface area contributed by atoms with Crippen LogP contribution in [0.15, 0.2) is 47.6 Å². The number of hydrogen-bond donors (Lipinski definition) is 3. The number of halogens is 3. The van der Waals surface area contributed by atoms with Crippen LogP contribution in [-0.2, 0) is 20.5 Å². The smallest absolute Gasteiger partial charge is 0.381 e. The van der Waals surface area contributed by atoms with Gasteiger partial charge in [-0.05, 0) is 37.5 Å². The molecular weight excluding hydrogens is 461 g/mol. The predicted molar refractivity (Wildman–Crippen MR) is 123 cm³/mol. The van der Waals surface area contributed by atoms with Crippen molar-refractivity contribution in [3.63, 3.8) is 0 Å². The Morgan fingerprint density at radius 2 is 2.06 bits per heavy atom. The molecule has 3 aliphatic heterocycles. The molecular formula is C25H27F3N4O3. The molecule has 0 saturated carbocycles. The normalized spacial score (nSPS) is 29.9. The van der Waals surface area contributed by atoms with Gasteiger partial charge in [-0.1, -0.05) is 24.3 Å². The minimum atomic E-state index is -4.45. The highest BCUT2D eigenvalue weighted by molar-refractivity contribution is 6.39. The molecule has 5 rings (SSSR count). The van der Waals surface area contributed by atoms with Crippen LogP contribution in [0.2, 0.25) is 0 Å². The molecule has 3 N–H and O–H groups in total. The number of anilines is 1. The SMILES string of the molecule is O=C1CCC(C(=O)NC[C@H]2CC[C@@H]3[C@H](O2)c2cc(C(F)(F)F)ccc2N[C@H]3C2C=CC=CC2)=NN1. The second-order valence-corrected chi connectivity index (χ2v) is 9.41. The average Bonchev–Trinajstić information content (AvgIpc) is 2.86. The van der Waals surface area contributed by atoms with E-state index in [0.29, 0.717) is 17.7 Å². The van der Waals surface area contributed by atoms with Gasteiger partial charge in [-0.2, -0.15) is 18.3 Å².